The SMILES string of the molecule is CC(C)(C)OC(=O)N1CCC[C@H]1CN1CCCCc2cc(Cl)ccc2COc2ccc(I)cc21. The van der Waals surface area contributed by atoms with Gasteiger partial charge in [0, 0.05) is 28.2 Å². The van der Waals surface area contributed by atoms with Gasteiger partial charge in [-0.1, -0.05) is 17.7 Å². The molecule has 1 saturated heterocycles. The lowest BCUT2D eigenvalue weighted by Crippen LogP contribution is -2.45. The maximum absolute atomic E-state index is 12.9. The highest BCUT2D eigenvalue weighted by molar-refractivity contribution is 14.1. The minimum absolute atomic E-state index is 0.127. The van der Waals surface area contributed by atoms with E-state index < -0.39 is 5.60 Å². The number of rotatable bonds is 2. The van der Waals surface area contributed by atoms with Crippen LogP contribution in [0.25, 0.3) is 0 Å². The molecule has 2 aromatic carbocycles. The third-order valence-corrected chi connectivity index (χ3v) is 7.28. The molecule has 0 bridgehead atoms. The van der Waals surface area contributed by atoms with Crippen LogP contribution in [0.4, 0.5) is 10.5 Å². The van der Waals surface area contributed by atoms with E-state index in [9.17, 15) is 4.79 Å². The van der Waals surface area contributed by atoms with Crippen molar-refractivity contribution in [3.05, 3.63) is 56.1 Å². The first-order valence-corrected chi connectivity index (χ1v) is 13.6. The van der Waals surface area contributed by atoms with Gasteiger partial charge in [-0.05, 0) is 117 Å². The fourth-order valence-electron chi connectivity index (χ4n) is 4.75. The number of anilines is 1. The Labute approximate surface area is 221 Å². The molecule has 5 nitrogen and oxygen atoms in total. The maximum atomic E-state index is 12.9. The van der Waals surface area contributed by atoms with Crippen molar-refractivity contribution in [2.24, 2.45) is 0 Å². The number of likely N-dealkylation sites (tertiary alicyclic amines) is 1. The van der Waals surface area contributed by atoms with E-state index in [1.165, 1.54) is 14.7 Å². The number of amides is 1. The molecule has 0 aliphatic carbocycles. The van der Waals surface area contributed by atoms with Gasteiger partial charge >= 0.3 is 6.09 Å². The van der Waals surface area contributed by atoms with Crippen LogP contribution < -0.4 is 9.64 Å². The van der Waals surface area contributed by atoms with Crippen molar-refractivity contribution in [2.45, 2.75) is 71.1 Å². The molecular weight excluding hydrogens is 563 g/mol. The van der Waals surface area contributed by atoms with Crippen LogP contribution in [0.3, 0.4) is 0 Å². The van der Waals surface area contributed by atoms with Crippen LogP contribution in [0.2, 0.25) is 5.02 Å². The molecule has 0 N–H and O–H groups in total. The largest absolute Gasteiger partial charge is 0.487 e. The number of ether oxygens (including phenoxy) is 2. The molecule has 2 aliphatic rings. The van der Waals surface area contributed by atoms with Crippen molar-refractivity contribution in [2.75, 3.05) is 24.5 Å². The highest BCUT2D eigenvalue weighted by Crippen LogP contribution is 2.34. The minimum Gasteiger partial charge on any atom is -0.487 e. The average molecular weight is 597 g/mol. The summed E-state index contributed by atoms with van der Waals surface area (Å²) in [6.45, 7) is 8.71. The summed E-state index contributed by atoms with van der Waals surface area (Å²) in [6, 6.07) is 12.6. The normalized spacial score (nSPS) is 19.0. The summed E-state index contributed by atoms with van der Waals surface area (Å²) in [6.07, 6.45) is 4.89. The Balaban J connectivity index is 1.58. The monoisotopic (exact) mass is 596 g/mol. The molecule has 2 aliphatic heterocycles. The second-order valence-corrected chi connectivity index (χ2v) is 11.9. The fourth-order valence-corrected chi connectivity index (χ4v) is 5.42. The summed E-state index contributed by atoms with van der Waals surface area (Å²) in [4.78, 5) is 17.2. The topological polar surface area (TPSA) is 42.0 Å². The second-order valence-electron chi connectivity index (χ2n) is 10.2. The van der Waals surface area contributed by atoms with Gasteiger partial charge in [0.15, 0.2) is 0 Å². The van der Waals surface area contributed by atoms with Gasteiger partial charge < -0.3 is 19.3 Å². The van der Waals surface area contributed by atoms with Crippen molar-refractivity contribution in [3.63, 3.8) is 0 Å². The molecule has 0 radical (unpaired) electrons. The molecule has 2 aromatic rings. The summed E-state index contributed by atoms with van der Waals surface area (Å²) in [7, 11) is 0. The number of nitrogens with zero attached hydrogens (tertiary/aromatic N) is 2. The van der Waals surface area contributed by atoms with Gasteiger partial charge in [0.25, 0.3) is 0 Å². The quantitative estimate of drug-likeness (QED) is 0.348. The van der Waals surface area contributed by atoms with Crippen molar-refractivity contribution in [1.82, 2.24) is 4.90 Å². The Hall–Kier alpha value is -1.67. The summed E-state index contributed by atoms with van der Waals surface area (Å²) in [5.74, 6) is 0.880. The molecular formula is C27H34ClIN2O3. The summed E-state index contributed by atoms with van der Waals surface area (Å²) < 4.78 is 13.3. The Morgan fingerprint density at radius 3 is 2.74 bits per heavy atom. The smallest absolute Gasteiger partial charge is 0.410 e. The van der Waals surface area contributed by atoms with E-state index in [-0.39, 0.29) is 12.1 Å². The number of benzene rings is 2. The van der Waals surface area contributed by atoms with Gasteiger partial charge in [-0.2, -0.15) is 0 Å². The molecule has 0 spiro atoms. The number of carbonyl (C=O) groups is 1. The van der Waals surface area contributed by atoms with Crippen LogP contribution in [0.5, 0.6) is 5.75 Å². The number of aryl methyl sites for hydroxylation is 1. The standard InChI is InChI=1S/C27H34ClIN2O3/c1-27(2,3)34-26(32)31-14-6-8-23(31)17-30-13-5-4-7-19-15-21(28)10-9-20(19)18-33-25-12-11-22(29)16-24(25)30/h9-12,15-16,23H,4-8,13-14,17-18H2,1-3H3/t23-/m0/s1. The Morgan fingerprint density at radius 2 is 1.94 bits per heavy atom. The van der Waals surface area contributed by atoms with E-state index in [2.05, 4.69) is 57.8 Å². The van der Waals surface area contributed by atoms with Crippen molar-refractivity contribution in [3.8, 4) is 5.75 Å². The zero-order valence-electron chi connectivity index (χ0n) is 20.3. The van der Waals surface area contributed by atoms with E-state index in [4.69, 9.17) is 21.1 Å². The molecule has 7 heteroatoms. The first-order valence-electron chi connectivity index (χ1n) is 12.1. The third kappa shape index (κ3) is 6.51. The second kappa shape index (κ2) is 10.9. The molecule has 1 atom stereocenters. The first-order chi connectivity index (χ1) is 16.2. The van der Waals surface area contributed by atoms with Gasteiger partial charge in [-0.25, -0.2) is 4.79 Å². The summed E-state index contributed by atoms with van der Waals surface area (Å²) >= 11 is 8.64. The number of halogens is 2. The van der Waals surface area contributed by atoms with E-state index in [0.717, 1.165) is 68.2 Å². The van der Waals surface area contributed by atoms with Crippen molar-refractivity contribution in [1.29, 1.82) is 0 Å². The van der Waals surface area contributed by atoms with Gasteiger partial charge in [0.05, 0.1) is 11.7 Å². The number of hydrogen-bond acceptors (Lipinski definition) is 4. The van der Waals surface area contributed by atoms with E-state index in [1.807, 2.05) is 31.7 Å². The van der Waals surface area contributed by atoms with Gasteiger partial charge in [0.2, 0.25) is 0 Å². The molecule has 2 heterocycles. The molecule has 0 aromatic heterocycles. The maximum Gasteiger partial charge on any atom is 0.410 e. The lowest BCUT2D eigenvalue weighted by molar-refractivity contribution is 0.0231. The van der Waals surface area contributed by atoms with Gasteiger partial charge in [0.1, 0.15) is 18.0 Å². The lowest BCUT2D eigenvalue weighted by atomic mass is 10.0. The molecule has 0 unspecified atom stereocenters. The third-order valence-electron chi connectivity index (χ3n) is 6.37. The number of hydrogen-bond donors (Lipinski definition) is 0. The predicted molar refractivity (Wildman–Crippen MR) is 146 cm³/mol. The molecule has 1 fully saturated rings. The van der Waals surface area contributed by atoms with Crippen LogP contribution in [-0.2, 0) is 17.8 Å². The van der Waals surface area contributed by atoms with Crippen LogP contribution in [0.1, 0.15) is 57.6 Å². The van der Waals surface area contributed by atoms with Crippen LogP contribution in [0.15, 0.2) is 36.4 Å². The summed E-state index contributed by atoms with van der Waals surface area (Å²) in [5, 5.41) is 0.772. The van der Waals surface area contributed by atoms with Crippen molar-refractivity contribution < 1.29 is 14.3 Å². The fraction of sp³-hybridized carbons (Fsp3) is 0.519. The molecule has 4 rings (SSSR count). The zero-order valence-corrected chi connectivity index (χ0v) is 23.2. The Bertz CT molecular complexity index is 1020. The Kier molecular flexibility index (Phi) is 8.18. The van der Waals surface area contributed by atoms with Gasteiger partial charge in [-0.3, -0.25) is 0 Å². The molecule has 1 amide bonds. The molecule has 184 valence electrons. The first kappa shape index (κ1) is 25.4. The highest BCUT2D eigenvalue weighted by Gasteiger charge is 2.33. The predicted octanol–water partition coefficient (Wildman–Crippen LogP) is 7.07. The van der Waals surface area contributed by atoms with Crippen LogP contribution in [0, 0.1) is 3.57 Å². The van der Waals surface area contributed by atoms with E-state index in [1.54, 1.807) is 0 Å². The van der Waals surface area contributed by atoms with Crippen LogP contribution >= 0.6 is 34.2 Å². The average Bonchev–Trinajstić information content (AvgIpc) is 3.22. The molecule has 0 saturated carbocycles. The lowest BCUT2D eigenvalue weighted by Gasteiger charge is -2.34. The minimum atomic E-state index is -0.492. The number of fused-ring (bicyclic) bond motifs is 2. The van der Waals surface area contributed by atoms with Gasteiger partial charge in [-0.15, -0.1) is 0 Å². The van der Waals surface area contributed by atoms with Crippen LogP contribution in [-0.4, -0.2) is 42.3 Å². The van der Waals surface area contributed by atoms with Crippen molar-refractivity contribution >= 4 is 46.0 Å². The Morgan fingerprint density at radius 1 is 1.12 bits per heavy atom. The summed E-state index contributed by atoms with van der Waals surface area (Å²) in [5.41, 5.74) is 3.06. The van der Waals surface area contributed by atoms with E-state index >= 15 is 0 Å². The number of carbonyl (C=O) groups excluding carboxylic acids is 1. The van der Waals surface area contributed by atoms with E-state index in [0.29, 0.717) is 6.61 Å². The highest BCUT2D eigenvalue weighted by atomic mass is 127. The zero-order chi connectivity index (χ0) is 24.3. The molecule has 34 heavy (non-hydrogen) atoms.